The molecule has 0 aliphatic heterocycles. The second-order valence-corrected chi connectivity index (χ2v) is 5.84. The standard InChI is InChI=1S/C8H10N2O2S2/c1-14(11,12)7-4-2-6(3-5-7)13-8(9)10/h2-5H,1H3,(H3,9,10). The fourth-order valence-electron chi connectivity index (χ4n) is 0.882. The van der Waals surface area contributed by atoms with Crippen molar-refractivity contribution >= 4 is 26.8 Å². The van der Waals surface area contributed by atoms with Crippen molar-refractivity contribution in [2.24, 2.45) is 5.73 Å². The second-order valence-electron chi connectivity index (χ2n) is 2.71. The van der Waals surface area contributed by atoms with E-state index in [2.05, 4.69) is 0 Å². The van der Waals surface area contributed by atoms with Crippen molar-refractivity contribution in [1.82, 2.24) is 0 Å². The molecule has 0 heterocycles. The number of hydrogen-bond acceptors (Lipinski definition) is 4. The van der Waals surface area contributed by atoms with Gasteiger partial charge in [-0.15, -0.1) is 0 Å². The van der Waals surface area contributed by atoms with E-state index in [9.17, 15) is 8.42 Å². The molecule has 0 radical (unpaired) electrons. The minimum Gasteiger partial charge on any atom is -0.378 e. The van der Waals surface area contributed by atoms with Gasteiger partial charge in [0.1, 0.15) is 0 Å². The number of amidine groups is 1. The summed E-state index contributed by atoms with van der Waals surface area (Å²) in [5, 5.41) is 7.01. The maximum atomic E-state index is 11.1. The maximum Gasteiger partial charge on any atom is 0.175 e. The number of thioether (sulfide) groups is 1. The molecule has 0 unspecified atom stereocenters. The highest BCUT2D eigenvalue weighted by atomic mass is 32.2. The van der Waals surface area contributed by atoms with Crippen LogP contribution >= 0.6 is 11.8 Å². The van der Waals surface area contributed by atoms with Crippen LogP contribution in [0.2, 0.25) is 0 Å². The van der Waals surface area contributed by atoms with Gasteiger partial charge in [-0.05, 0) is 24.3 Å². The number of hydrogen-bond donors (Lipinski definition) is 2. The number of benzene rings is 1. The first-order valence-corrected chi connectivity index (χ1v) is 6.42. The minimum atomic E-state index is -3.14. The monoisotopic (exact) mass is 230 g/mol. The highest BCUT2D eigenvalue weighted by Crippen LogP contribution is 2.19. The lowest BCUT2D eigenvalue weighted by Crippen LogP contribution is -2.03. The van der Waals surface area contributed by atoms with Crippen LogP contribution in [0.3, 0.4) is 0 Å². The van der Waals surface area contributed by atoms with Crippen molar-refractivity contribution in [3.05, 3.63) is 24.3 Å². The third-order valence-electron chi connectivity index (χ3n) is 1.48. The third kappa shape index (κ3) is 3.04. The van der Waals surface area contributed by atoms with Crippen molar-refractivity contribution in [2.45, 2.75) is 9.79 Å². The van der Waals surface area contributed by atoms with E-state index in [1.807, 2.05) is 0 Å². The molecule has 0 saturated heterocycles. The Labute approximate surface area is 86.9 Å². The van der Waals surface area contributed by atoms with Crippen molar-refractivity contribution in [3.8, 4) is 0 Å². The van der Waals surface area contributed by atoms with Gasteiger partial charge >= 0.3 is 0 Å². The highest BCUT2D eigenvalue weighted by Gasteiger charge is 2.06. The van der Waals surface area contributed by atoms with Crippen LogP contribution in [0.4, 0.5) is 0 Å². The van der Waals surface area contributed by atoms with Gasteiger partial charge in [0.25, 0.3) is 0 Å². The van der Waals surface area contributed by atoms with E-state index in [0.29, 0.717) is 0 Å². The first-order valence-electron chi connectivity index (χ1n) is 3.71. The molecule has 1 rings (SSSR count). The normalized spacial score (nSPS) is 11.2. The van der Waals surface area contributed by atoms with Crippen LogP contribution in [0.25, 0.3) is 0 Å². The lowest BCUT2D eigenvalue weighted by atomic mass is 10.4. The summed E-state index contributed by atoms with van der Waals surface area (Å²) in [7, 11) is -3.14. The molecule has 0 aliphatic rings. The lowest BCUT2D eigenvalue weighted by molar-refractivity contribution is 0.602. The highest BCUT2D eigenvalue weighted by molar-refractivity contribution is 8.13. The van der Waals surface area contributed by atoms with Gasteiger partial charge < -0.3 is 5.73 Å². The Kier molecular flexibility index (Phi) is 3.17. The number of nitrogens with two attached hydrogens (primary N) is 1. The Bertz CT molecular complexity index is 437. The molecular weight excluding hydrogens is 220 g/mol. The summed E-state index contributed by atoms with van der Waals surface area (Å²) in [5.41, 5.74) is 5.18. The van der Waals surface area contributed by atoms with Crippen molar-refractivity contribution in [3.63, 3.8) is 0 Å². The Morgan fingerprint density at radius 3 is 2.21 bits per heavy atom. The topological polar surface area (TPSA) is 84.0 Å². The summed E-state index contributed by atoms with van der Waals surface area (Å²) < 4.78 is 22.2. The Hall–Kier alpha value is -1.01. The molecule has 0 amide bonds. The first-order chi connectivity index (χ1) is 6.39. The van der Waals surface area contributed by atoms with E-state index in [1.54, 1.807) is 12.1 Å². The summed E-state index contributed by atoms with van der Waals surface area (Å²) in [6.07, 6.45) is 1.15. The fraction of sp³-hybridized carbons (Fsp3) is 0.125. The average molecular weight is 230 g/mol. The number of sulfone groups is 1. The summed E-state index contributed by atoms with van der Waals surface area (Å²) in [5.74, 6) is 0. The quantitative estimate of drug-likeness (QED) is 0.452. The van der Waals surface area contributed by atoms with Crippen molar-refractivity contribution < 1.29 is 8.42 Å². The van der Waals surface area contributed by atoms with Gasteiger partial charge in [0.15, 0.2) is 15.0 Å². The Morgan fingerprint density at radius 1 is 1.36 bits per heavy atom. The Balaban J connectivity index is 2.95. The van der Waals surface area contributed by atoms with E-state index in [0.717, 1.165) is 22.9 Å². The predicted molar refractivity (Wildman–Crippen MR) is 57.3 cm³/mol. The second kappa shape index (κ2) is 4.02. The van der Waals surface area contributed by atoms with Gasteiger partial charge in [-0.25, -0.2) is 8.42 Å². The van der Waals surface area contributed by atoms with Gasteiger partial charge in [0.05, 0.1) is 4.90 Å². The molecule has 4 nitrogen and oxygen atoms in total. The molecule has 1 aromatic carbocycles. The van der Waals surface area contributed by atoms with Gasteiger partial charge in [0, 0.05) is 11.2 Å². The zero-order valence-electron chi connectivity index (χ0n) is 7.52. The van der Waals surface area contributed by atoms with Crippen LogP contribution in [0.5, 0.6) is 0 Å². The zero-order chi connectivity index (χ0) is 10.8. The van der Waals surface area contributed by atoms with E-state index in [4.69, 9.17) is 11.1 Å². The SMILES string of the molecule is CS(=O)(=O)c1ccc(SC(=N)N)cc1. The largest absolute Gasteiger partial charge is 0.378 e. The molecule has 3 N–H and O–H groups in total. The maximum absolute atomic E-state index is 11.1. The van der Waals surface area contributed by atoms with Gasteiger partial charge in [0.2, 0.25) is 0 Å². The molecule has 0 spiro atoms. The molecule has 1 aromatic rings. The van der Waals surface area contributed by atoms with Crippen LogP contribution in [0.15, 0.2) is 34.1 Å². The zero-order valence-corrected chi connectivity index (χ0v) is 9.15. The van der Waals surface area contributed by atoms with Crippen LogP contribution in [-0.4, -0.2) is 19.8 Å². The summed E-state index contributed by atoms with van der Waals surface area (Å²) in [6.45, 7) is 0. The number of nitrogens with one attached hydrogen (secondary N) is 1. The van der Waals surface area contributed by atoms with Crippen molar-refractivity contribution in [1.29, 1.82) is 5.41 Å². The molecule has 6 heteroatoms. The molecule has 0 bridgehead atoms. The molecule has 0 atom stereocenters. The number of rotatable bonds is 2. The average Bonchev–Trinajstić information content (AvgIpc) is 2.02. The fourth-order valence-corrected chi connectivity index (χ4v) is 2.04. The van der Waals surface area contributed by atoms with Crippen LogP contribution < -0.4 is 5.73 Å². The predicted octanol–water partition coefficient (Wildman–Crippen LogP) is 1.08. The van der Waals surface area contributed by atoms with Gasteiger partial charge in [-0.1, -0.05) is 11.8 Å². The third-order valence-corrected chi connectivity index (χ3v) is 3.34. The van der Waals surface area contributed by atoms with E-state index in [-0.39, 0.29) is 10.1 Å². The molecule has 76 valence electrons. The Morgan fingerprint density at radius 2 is 1.86 bits per heavy atom. The van der Waals surface area contributed by atoms with Crippen LogP contribution in [0.1, 0.15) is 0 Å². The molecule has 0 saturated carbocycles. The van der Waals surface area contributed by atoms with Crippen molar-refractivity contribution in [2.75, 3.05) is 6.26 Å². The molecule has 0 fully saturated rings. The summed E-state index contributed by atoms with van der Waals surface area (Å²) in [6, 6.07) is 6.26. The smallest absolute Gasteiger partial charge is 0.175 e. The summed E-state index contributed by atoms with van der Waals surface area (Å²) in [4.78, 5) is 1.02. The van der Waals surface area contributed by atoms with Gasteiger partial charge in [-0.2, -0.15) is 0 Å². The van der Waals surface area contributed by atoms with Gasteiger partial charge in [-0.3, -0.25) is 5.41 Å². The minimum absolute atomic E-state index is 0.0166. The summed E-state index contributed by atoms with van der Waals surface area (Å²) >= 11 is 1.08. The van der Waals surface area contributed by atoms with Crippen LogP contribution in [-0.2, 0) is 9.84 Å². The first kappa shape index (κ1) is 11.1. The van der Waals surface area contributed by atoms with E-state index >= 15 is 0 Å². The van der Waals surface area contributed by atoms with E-state index < -0.39 is 9.84 Å². The molecule has 0 aliphatic carbocycles. The molecule has 14 heavy (non-hydrogen) atoms. The molecule has 0 aromatic heterocycles. The molecular formula is C8H10N2O2S2. The lowest BCUT2D eigenvalue weighted by Gasteiger charge is -2.00. The van der Waals surface area contributed by atoms with E-state index in [1.165, 1.54) is 12.1 Å². The van der Waals surface area contributed by atoms with Crippen LogP contribution in [0, 0.1) is 5.41 Å².